The summed E-state index contributed by atoms with van der Waals surface area (Å²) in [4.78, 5) is 10.9. The molecule has 2 aromatic rings. The van der Waals surface area contributed by atoms with Crippen LogP contribution in [-0.2, 0) is 13.1 Å². The Morgan fingerprint density at radius 2 is 2.22 bits per heavy atom. The van der Waals surface area contributed by atoms with Crippen LogP contribution < -0.4 is 14.8 Å². The fourth-order valence-corrected chi connectivity index (χ4v) is 3.02. The first kappa shape index (κ1) is 15.6. The van der Waals surface area contributed by atoms with Gasteiger partial charge in [0.05, 0.1) is 17.2 Å². The van der Waals surface area contributed by atoms with E-state index in [1.807, 2.05) is 32.2 Å². The first-order chi connectivity index (χ1) is 11.2. The van der Waals surface area contributed by atoms with Crippen molar-refractivity contribution < 1.29 is 9.47 Å². The second-order valence-electron chi connectivity index (χ2n) is 5.30. The van der Waals surface area contributed by atoms with Crippen LogP contribution in [0.25, 0.3) is 0 Å². The van der Waals surface area contributed by atoms with E-state index < -0.39 is 0 Å². The van der Waals surface area contributed by atoms with Crippen LogP contribution in [0.5, 0.6) is 11.5 Å². The number of aryl methyl sites for hydroxylation is 1. The van der Waals surface area contributed by atoms with Gasteiger partial charge in [-0.2, -0.15) is 0 Å². The van der Waals surface area contributed by atoms with Gasteiger partial charge in [-0.15, -0.1) is 11.3 Å². The SMILES string of the molecule is CN=C(NCc1ccc2c(c1)OCO2)N(C)Cc1csc(C)n1. The summed E-state index contributed by atoms with van der Waals surface area (Å²) in [6.45, 7) is 3.71. The molecule has 0 bridgehead atoms. The van der Waals surface area contributed by atoms with Crippen molar-refractivity contribution in [2.24, 2.45) is 4.99 Å². The molecule has 1 N–H and O–H groups in total. The van der Waals surface area contributed by atoms with Gasteiger partial charge in [0, 0.05) is 26.0 Å². The van der Waals surface area contributed by atoms with Gasteiger partial charge in [-0.25, -0.2) is 4.98 Å². The van der Waals surface area contributed by atoms with Crippen molar-refractivity contribution in [2.45, 2.75) is 20.0 Å². The van der Waals surface area contributed by atoms with Gasteiger partial charge in [0.15, 0.2) is 17.5 Å². The minimum absolute atomic E-state index is 0.295. The van der Waals surface area contributed by atoms with Crippen molar-refractivity contribution in [3.8, 4) is 11.5 Å². The van der Waals surface area contributed by atoms with Gasteiger partial charge in [0.2, 0.25) is 6.79 Å². The third kappa shape index (κ3) is 3.73. The summed E-state index contributed by atoms with van der Waals surface area (Å²) in [5, 5.41) is 6.52. The Hall–Kier alpha value is -2.28. The summed E-state index contributed by atoms with van der Waals surface area (Å²) in [6, 6.07) is 5.95. The van der Waals surface area contributed by atoms with Gasteiger partial charge < -0.3 is 19.7 Å². The first-order valence-electron chi connectivity index (χ1n) is 7.37. The molecule has 7 heteroatoms. The lowest BCUT2D eigenvalue weighted by Crippen LogP contribution is -2.38. The Bertz CT molecular complexity index is 714. The molecule has 1 aromatic heterocycles. The lowest BCUT2D eigenvalue weighted by Gasteiger charge is -2.21. The monoisotopic (exact) mass is 332 g/mol. The van der Waals surface area contributed by atoms with E-state index in [1.165, 1.54) is 0 Å². The molecule has 1 aliphatic heterocycles. The molecule has 0 unspecified atom stereocenters. The number of hydrogen-bond acceptors (Lipinski definition) is 5. The molecule has 23 heavy (non-hydrogen) atoms. The number of nitrogens with one attached hydrogen (secondary N) is 1. The molecule has 1 aliphatic rings. The number of thiazole rings is 1. The van der Waals surface area contributed by atoms with Crippen LogP contribution in [0.1, 0.15) is 16.3 Å². The van der Waals surface area contributed by atoms with E-state index >= 15 is 0 Å². The third-order valence-corrected chi connectivity index (χ3v) is 4.35. The topological polar surface area (TPSA) is 59.0 Å². The van der Waals surface area contributed by atoms with Crippen molar-refractivity contribution in [2.75, 3.05) is 20.9 Å². The van der Waals surface area contributed by atoms with E-state index in [0.717, 1.165) is 40.3 Å². The van der Waals surface area contributed by atoms with Crippen LogP contribution >= 0.6 is 11.3 Å². The van der Waals surface area contributed by atoms with Crippen molar-refractivity contribution in [1.82, 2.24) is 15.2 Å². The molecule has 2 heterocycles. The van der Waals surface area contributed by atoms with E-state index in [9.17, 15) is 0 Å². The molecule has 122 valence electrons. The van der Waals surface area contributed by atoms with Crippen LogP contribution in [0.3, 0.4) is 0 Å². The molecule has 0 saturated carbocycles. The quantitative estimate of drug-likeness (QED) is 0.688. The average Bonchev–Trinajstić information content (AvgIpc) is 3.16. The number of aromatic nitrogens is 1. The molecule has 0 fully saturated rings. The predicted octanol–water partition coefficient (Wildman–Crippen LogP) is 2.39. The Labute approximate surface area is 139 Å². The predicted molar refractivity (Wildman–Crippen MR) is 91.1 cm³/mol. The summed E-state index contributed by atoms with van der Waals surface area (Å²) >= 11 is 1.66. The minimum Gasteiger partial charge on any atom is -0.454 e. The minimum atomic E-state index is 0.295. The fourth-order valence-electron chi connectivity index (χ4n) is 2.42. The Morgan fingerprint density at radius 1 is 1.39 bits per heavy atom. The molecular weight excluding hydrogens is 312 g/mol. The zero-order valence-electron chi connectivity index (χ0n) is 13.5. The maximum Gasteiger partial charge on any atom is 0.231 e. The summed E-state index contributed by atoms with van der Waals surface area (Å²) in [5.74, 6) is 2.42. The van der Waals surface area contributed by atoms with Crippen LogP contribution in [-0.4, -0.2) is 36.7 Å². The van der Waals surface area contributed by atoms with Crippen molar-refractivity contribution in [1.29, 1.82) is 0 Å². The average molecular weight is 332 g/mol. The zero-order chi connectivity index (χ0) is 16.2. The standard InChI is InChI=1S/C16H20N4O2S/c1-11-19-13(9-23-11)8-20(3)16(17-2)18-7-12-4-5-14-15(6-12)22-10-21-14/h4-6,9H,7-8,10H2,1-3H3,(H,17,18). The summed E-state index contributed by atoms with van der Waals surface area (Å²) in [7, 11) is 3.79. The Balaban J connectivity index is 1.59. The summed E-state index contributed by atoms with van der Waals surface area (Å²) < 4.78 is 10.7. The molecule has 1 aromatic carbocycles. The van der Waals surface area contributed by atoms with Gasteiger partial charge >= 0.3 is 0 Å². The van der Waals surface area contributed by atoms with Gasteiger partial charge in [-0.3, -0.25) is 4.99 Å². The van der Waals surface area contributed by atoms with Crippen molar-refractivity contribution in [3.05, 3.63) is 39.8 Å². The summed E-state index contributed by atoms with van der Waals surface area (Å²) in [5.41, 5.74) is 2.18. The molecule has 0 radical (unpaired) electrons. The van der Waals surface area contributed by atoms with Crippen molar-refractivity contribution >= 4 is 17.3 Å². The fraction of sp³-hybridized carbons (Fsp3) is 0.375. The van der Waals surface area contributed by atoms with Gasteiger partial charge in [0.1, 0.15) is 0 Å². The lowest BCUT2D eigenvalue weighted by atomic mass is 10.2. The smallest absolute Gasteiger partial charge is 0.231 e. The molecule has 0 spiro atoms. The molecule has 0 saturated heterocycles. The van der Waals surface area contributed by atoms with Crippen LogP contribution in [0.15, 0.2) is 28.6 Å². The normalized spacial score (nSPS) is 13.3. The summed E-state index contributed by atoms with van der Waals surface area (Å²) in [6.07, 6.45) is 0. The zero-order valence-corrected chi connectivity index (χ0v) is 14.3. The van der Waals surface area contributed by atoms with E-state index in [4.69, 9.17) is 9.47 Å². The number of aliphatic imine (C=N–C) groups is 1. The molecule has 6 nitrogen and oxygen atoms in total. The largest absolute Gasteiger partial charge is 0.454 e. The molecule has 0 amide bonds. The number of rotatable bonds is 4. The third-order valence-electron chi connectivity index (χ3n) is 3.53. The Kier molecular flexibility index (Phi) is 4.66. The second kappa shape index (κ2) is 6.87. The number of guanidine groups is 1. The van der Waals surface area contributed by atoms with Gasteiger partial charge in [0.25, 0.3) is 0 Å². The van der Waals surface area contributed by atoms with Crippen LogP contribution in [0.4, 0.5) is 0 Å². The van der Waals surface area contributed by atoms with Gasteiger partial charge in [-0.05, 0) is 24.6 Å². The number of ether oxygens (including phenoxy) is 2. The molecule has 0 aliphatic carbocycles. The molecule has 0 atom stereocenters. The highest BCUT2D eigenvalue weighted by Gasteiger charge is 2.14. The van der Waals surface area contributed by atoms with Crippen LogP contribution in [0, 0.1) is 6.92 Å². The molecule has 3 rings (SSSR count). The van der Waals surface area contributed by atoms with E-state index in [2.05, 4.69) is 25.6 Å². The van der Waals surface area contributed by atoms with E-state index in [1.54, 1.807) is 18.4 Å². The van der Waals surface area contributed by atoms with Crippen LogP contribution in [0.2, 0.25) is 0 Å². The Morgan fingerprint density at radius 3 is 2.96 bits per heavy atom. The highest BCUT2D eigenvalue weighted by atomic mass is 32.1. The van der Waals surface area contributed by atoms with Crippen molar-refractivity contribution in [3.63, 3.8) is 0 Å². The highest BCUT2D eigenvalue weighted by Crippen LogP contribution is 2.32. The number of benzene rings is 1. The maximum absolute atomic E-state index is 5.40. The number of hydrogen-bond donors (Lipinski definition) is 1. The lowest BCUT2D eigenvalue weighted by molar-refractivity contribution is 0.174. The number of fused-ring (bicyclic) bond motifs is 1. The molecular formula is C16H20N4O2S. The first-order valence-corrected chi connectivity index (χ1v) is 8.25. The highest BCUT2D eigenvalue weighted by molar-refractivity contribution is 7.09. The second-order valence-corrected chi connectivity index (χ2v) is 6.36. The maximum atomic E-state index is 5.40. The van der Waals surface area contributed by atoms with E-state index in [-0.39, 0.29) is 0 Å². The number of nitrogens with zero attached hydrogens (tertiary/aromatic N) is 3. The van der Waals surface area contributed by atoms with E-state index in [0.29, 0.717) is 13.3 Å². The van der Waals surface area contributed by atoms with Gasteiger partial charge in [-0.1, -0.05) is 6.07 Å².